The average molecular weight is 319 g/mol. The second kappa shape index (κ2) is 6.96. The van der Waals surface area contributed by atoms with Crippen LogP contribution in [-0.2, 0) is 6.61 Å². The monoisotopic (exact) mass is 319 g/mol. The zero-order chi connectivity index (χ0) is 16.9. The van der Waals surface area contributed by atoms with Gasteiger partial charge in [0.1, 0.15) is 6.61 Å². The first-order valence-electron chi connectivity index (χ1n) is 7.60. The van der Waals surface area contributed by atoms with Gasteiger partial charge in [-0.05, 0) is 35.7 Å². The lowest BCUT2D eigenvalue weighted by molar-refractivity contribution is 0.0696. The predicted octanol–water partition coefficient (Wildman–Crippen LogP) is 4.33. The Labute approximate surface area is 140 Å². The highest BCUT2D eigenvalue weighted by molar-refractivity contribution is 5.91. The molecule has 0 atom stereocenters. The molecule has 0 saturated heterocycles. The molecule has 0 aliphatic carbocycles. The van der Waals surface area contributed by atoms with Crippen LogP contribution in [0.25, 0.3) is 11.1 Å². The van der Waals surface area contributed by atoms with E-state index < -0.39 is 5.97 Å². The molecule has 0 amide bonds. The maximum Gasteiger partial charge on any atom is 0.335 e. The Morgan fingerprint density at radius 1 is 1.04 bits per heavy atom. The van der Waals surface area contributed by atoms with Gasteiger partial charge in [-0.3, -0.25) is 0 Å². The zero-order valence-corrected chi connectivity index (χ0v) is 13.3. The summed E-state index contributed by atoms with van der Waals surface area (Å²) in [7, 11) is 0. The number of benzene rings is 2. The summed E-state index contributed by atoms with van der Waals surface area (Å²) in [5.41, 5.74) is 3.79. The molecule has 2 aromatic carbocycles. The Hall–Kier alpha value is -3.14. The van der Waals surface area contributed by atoms with Crippen LogP contribution < -0.4 is 4.74 Å². The normalized spacial score (nSPS) is 10.4. The van der Waals surface area contributed by atoms with E-state index in [0.29, 0.717) is 18.1 Å². The first kappa shape index (κ1) is 15.7. The number of aromatic nitrogens is 1. The van der Waals surface area contributed by atoms with Gasteiger partial charge in [0.2, 0.25) is 5.88 Å². The van der Waals surface area contributed by atoms with Crippen molar-refractivity contribution >= 4 is 5.97 Å². The molecule has 4 nitrogen and oxygen atoms in total. The molecule has 1 heterocycles. The van der Waals surface area contributed by atoms with Crippen molar-refractivity contribution < 1.29 is 14.6 Å². The van der Waals surface area contributed by atoms with Crippen LogP contribution in [0.15, 0.2) is 66.9 Å². The van der Waals surface area contributed by atoms with E-state index in [4.69, 9.17) is 4.74 Å². The van der Waals surface area contributed by atoms with Gasteiger partial charge in [-0.25, -0.2) is 9.78 Å². The van der Waals surface area contributed by atoms with Gasteiger partial charge in [-0.2, -0.15) is 0 Å². The molecule has 0 fully saturated rings. The Morgan fingerprint density at radius 2 is 1.79 bits per heavy atom. The Balaban J connectivity index is 1.75. The highest BCUT2D eigenvalue weighted by atomic mass is 16.5. The molecule has 0 saturated carbocycles. The topological polar surface area (TPSA) is 59.4 Å². The number of hydrogen-bond donors (Lipinski definition) is 1. The minimum Gasteiger partial charge on any atom is -0.478 e. The summed E-state index contributed by atoms with van der Waals surface area (Å²) in [6, 6.07) is 18.9. The fourth-order valence-corrected chi connectivity index (χ4v) is 2.40. The van der Waals surface area contributed by atoms with E-state index in [-0.39, 0.29) is 0 Å². The van der Waals surface area contributed by atoms with Crippen LogP contribution in [0.5, 0.6) is 5.88 Å². The number of carbonyl (C=O) groups is 1. The number of rotatable bonds is 5. The Bertz CT molecular complexity index is 843. The number of aromatic carboxylic acids is 1. The van der Waals surface area contributed by atoms with Crippen LogP contribution in [0.3, 0.4) is 0 Å². The van der Waals surface area contributed by atoms with Gasteiger partial charge in [0.25, 0.3) is 0 Å². The number of nitrogens with zero attached hydrogens (tertiary/aromatic N) is 1. The van der Waals surface area contributed by atoms with E-state index in [1.54, 1.807) is 31.3 Å². The second-order valence-electron chi connectivity index (χ2n) is 5.49. The number of pyridine rings is 1. The van der Waals surface area contributed by atoms with Gasteiger partial charge in [-0.15, -0.1) is 0 Å². The van der Waals surface area contributed by atoms with E-state index in [2.05, 4.69) is 4.98 Å². The third-order valence-corrected chi connectivity index (χ3v) is 3.77. The molecule has 24 heavy (non-hydrogen) atoms. The lowest BCUT2D eigenvalue weighted by atomic mass is 10.0. The van der Waals surface area contributed by atoms with Crippen LogP contribution >= 0.6 is 0 Å². The lowest BCUT2D eigenvalue weighted by Crippen LogP contribution is -2.00. The van der Waals surface area contributed by atoms with E-state index in [1.165, 1.54) is 0 Å². The van der Waals surface area contributed by atoms with Gasteiger partial charge in [0, 0.05) is 17.8 Å². The lowest BCUT2D eigenvalue weighted by Gasteiger charge is -2.08. The molecular weight excluding hydrogens is 302 g/mol. The molecule has 1 aromatic heterocycles. The van der Waals surface area contributed by atoms with E-state index in [9.17, 15) is 9.90 Å². The molecule has 3 rings (SSSR count). The quantitative estimate of drug-likeness (QED) is 0.760. The molecular formula is C20H17NO3. The minimum absolute atomic E-state index is 0.303. The molecule has 0 aliphatic rings. The number of aryl methyl sites for hydroxylation is 1. The van der Waals surface area contributed by atoms with Crippen molar-refractivity contribution in [3.63, 3.8) is 0 Å². The van der Waals surface area contributed by atoms with Crippen LogP contribution in [0.2, 0.25) is 0 Å². The van der Waals surface area contributed by atoms with Gasteiger partial charge < -0.3 is 9.84 Å². The first-order valence-corrected chi connectivity index (χ1v) is 7.60. The summed E-state index contributed by atoms with van der Waals surface area (Å²) in [5.74, 6) is -0.390. The van der Waals surface area contributed by atoms with Crippen molar-refractivity contribution in [2.45, 2.75) is 13.5 Å². The minimum atomic E-state index is -0.926. The van der Waals surface area contributed by atoms with Crippen molar-refractivity contribution in [2.24, 2.45) is 0 Å². The molecule has 120 valence electrons. The molecule has 0 aliphatic heterocycles. The molecule has 1 N–H and O–H groups in total. The zero-order valence-electron chi connectivity index (χ0n) is 13.3. The largest absolute Gasteiger partial charge is 0.478 e. The van der Waals surface area contributed by atoms with Crippen molar-refractivity contribution in [2.75, 3.05) is 0 Å². The number of hydrogen-bond acceptors (Lipinski definition) is 3. The summed E-state index contributed by atoms with van der Waals surface area (Å²) >= 11 is 0. The van der Waals surface area contributed by atoms with E-state index in [1.807, 2.05) is 42.5 Å². The molecule has 0 bridgehead atoms. The molecule has 0 unspecified atom stereocenters. The number of carboxylic acid groups (broad SMARTS) is 1. The van der Waals surface area contributed by atoms with Gasteiger partial charge in [0.15, 0.2) is 0 Å². The van der Waals surface area contributed by atoms with Crippen molar-refractivity contribution in [3.05, 3.63) is 83.6 Å². The van der Waals surface area contributed by atoms with Crippen LogP contribution in [0, 0.1) is 6.92 Å². The molecule has 3 aromatic rings. The Kier molecular flexibility index (Phi) is 4.57. The third-order valence-electron chi connectivity index (χ3n) is 3.77. The van der Waals surface area contributed by atoms with E-state index in [0.717, 1.165) is 22.3 Å². The molecule has 0 spiro atoms. The summed E-state index contributed by atoms with van der Waals surface area (Å²) < 4.78 is 5.66. The van der Waals surface area contributed by atoms with Crippen LogP contribution in [-0.4, -0.2) is 16.1 Å². The fourth-order valence-electron chi connectivity index (χ4n) is 2.40. The highest BCUT2D eigenvalue weighted by Crippen LogP contribution is 2.23. The average Bonchev–Trinajstić information content (AvgIpc) is 2.61. The smallest absolute Gasteiger partial charge is 0.335 e. The van der Waals surface area contributed by atoms with Crippen molar-refractivity contribution in [1.29, 1.82) is 0 Å². The highest BCUT2D eigenvalue weighted by Gasteiger charge is 2.09. The SMILES string of the molecule is Cc1ccc(-c2ccc(OCc3ccccc3)nc2)cc1C(=O)O. The van der Waals surface area contributed by atoms with Crippen molar-refractivity contribution in [3.8, 4) is 17.0 Å². The van der Waals surface area contributed by atoms with Gasteiger partial charge in [-0.1, -0.05) is 42.5 Å². The molecule has 4 heteroatoms. The third kappa shape index (κ3) is 3.60. The van der Waals surface area contributed by atoms with Gasteiger partial charge >= 0.3 is 5.97 Å². The Morgan fingerprint density at radius 3 is 2.46 bits per heavy atom. The number of carboxylic acids is 1. The van der Waals surface area contributed by atoms with E-state index >= 15 is 0 Å². The summed E-state index contributed by atoms with van der Waals surface area (Å²) in [5, 5.41) is 9.22. The summed E-state index contributed by atoms with van der Waals surface area (Å²) in [4.78, 5) is 15.5. The summed E-state index contributed by atoms with van der Waals surface area (Å²) in [6.45, 7) is 2.24. The predicted molar refractivity (Wildman–Crippen MR) is 92.1 cm³/mol. The standard InChI is InChI=1S/C20H17NO3/c1-14-7-8-16(11-18(14)20(22)23)17-9-10-19(21-12-17)24-13-15-5-3-2-4-6-15/h2-12H,13H2,1H3,(H,22,23). The summed E-state index contributed by atoms with van der Waals surface area (Å²) in [6.07, 6.45) is 1.69. The fraction of sp³-hybridized carbons (Fsp3) is 0.100. The van der Waals surface area contributed by atoms with Crippen molar-refractivity contribution in [1.82, 2.24) is 4.98 Å². The maximum absolute atomic E-state index is 11.2. The number of ether oxygens (including phenoxy) is 1. The second-order valence-corrected chi connectivity index (χ2v) is 5.49. The van der Waals surface area contributed by atoms with Crippen LogP contribution in [0.1, 0.15) is 21.5 Å². The first-order chi connectivity index (χ1) is 11.6. The maximum atomic E-state index is 11.2. The van der Waals surface area contributed by atoms with Crippen LogP contribution in [0.4, 0.5) is 0 Å². The van der Waals surface area contributed by atoms with Gasteiger partial charge in [0.05, 0.1) is 5.56 Å². The molecule has 0 radical (unpaired) electrons.